The first-order chi connectivity index (χ1) is 9.58. The number of aliphatic carboxylic acids is 1. The summed E-state index contributed by atoms with van der Waals surface area (Å²) in [5.41, 5.74) is 0. The molecule has 1 heterocycles. The molecule has 1 rings (SSSR count). The molecular formula is C15H23NO3S. The van der Waals surface area contributed by atoms with Gasteiger partial charge in [-0.15, -0.1) is 11.3 Å². The normalized spacial score (nSPS) is 12.1. The van der Waals surface area contributed by atoms with Gasteiger partial charge in [-0.3, -0.25) is 9.59 Å². The largest absolute Gasteiger partial charge is 0.481 e. The summed E-state index contributed by atoms with van der Waals surface area (Å²) in [4.78, 5) is 23.5. The molecule has 20 heavy (non-hydrogen) atoms. The molecule has 0 aliphatic heterocycles. The molecular weight excluding hydrogens is 274 g/mol. The Labute approximate surface area is 124 Å². The van der Waals surface area contributed by atoms with E-state index in [9.17, 15) is 9.59 Å². The average molecular weight is 297 g/mol. The number of aryl methyl sites for hydroxylation is 1. The van der Waals surface area contributed by atoms with Crippen LogP contribution in [0.3, 0.4) is 0 Å². The molecule has 1 unspecified atom stereocenters. The zero-order valence-corrected chi connectivity index (χ0v) is 12.7. The Morgan fingerprint density at radius 2 is 2.15 bits per heavy atom. The van der Waals surface area contributed by atoms with Gasteiger partial charge in [-0.1, -0.05) is 19.4 Å². The van der Waals surface area contributed by atoms with Gasteiger partial charge in [0.25, 0.3) is 0 Å². The number of unbranched alkanes of at least 4 members (excludes halogenated alkanes) is 2. The Morgan fingerprint density at radius 3 is 2.80 bits per heavy atom. The van der Waals surface area contributed by atoms with Crippen molar-refractivity contribution in [3.8, 4) is 0 Å². The number of hydrogen-bond donors (Lipinski definition) is 2. The third-order valence-electron chi connectivity index (χ3n) is 3.08. The van der Waals surface area contributed by atoms with Crippen LogP contribution in [0.15, 0.2) is 17.5 Å². The van der Waals surface area contributed by atoms with Crippen LogP contribution in [-0.4, -0.2) is 23.5 Å². The second-order valence-corrected chi connectivity index (χ2v) is 6.18. The Kier molecular flexibility index (Phi) is 7.95. The molecule has 0 fully saturated rings. The van der Waals surface area contributed by atoms with Crippen LogP contribution >= 0.6 is 11.3 Å². The van der Waals surface area contributed by atoms with Crippen molar-refractivity contribution in [1.29, 1.82) is 0 Å². The molecule has 5 heteroatoms. The number of carbonyl (C=O) groups excluding carboxylic acids is 1. The molecule has 1 atom stereocenters. The standard InChI is InChI=1S/C15H23NO3S/c1-12(10-15(18)19)11-16-14(17)8-4-2-3-6-13-7-5-9-20-13/h5,7,9,12H,2-4,6,8,10-11H2,1H3,(H,16,17)(H,18,19). The summed E-state index contributed by atoms with van der Waals surface area (Å²) in [7, 11) is 0. The summed E-state index contributed by atoms with van der Waals surface area (Å²) in [5.74, 6) is -0.811. The number of nitrogens with one attached hydrogen (secondary N) is 1. The Balaban J connectivity index is 1.98. The van der Waals surface area contributed by atoms with Crippen molar-refractivity contribution in [2.75, 3.05) is 6.54 Å². The highest BCUT2D eigenvalue weighted by molar-refractivity contribution is 7.09. The maximum atomic E-state index is 11.6. The number of amides is 1. The predicted octanol–water partition coefficient (Wildman–Crippen LogP) is 3.08. The summed E-state index contributed by atoms with van der Waals surface area (Å²) < 4.78 is 0. The minimum atomic E-state index is -0.819. The van der Waals surface area contributed by atoms with E-state index in [-0.39, 0.29) is 18.2 Å². The zero-order chi connectivity index (χ0) is 14.8. The van der Waals surface area contributed by atoms with Crippen LogP contribution < -0.4 is 5.32 Å². The van der Waals surface area contributed by atoms with Crippen molar-refractivity contribution in [2.24, 2.45) is 5.92 Å². The molecule has 2 N–H and O–H groups in total. The zero-order valence-electron chi connectivity index (χ0n) is 11.9. The van der Waals surface area contributed by atoms with E-state index in [1.807, 2.05) is 6.92 Å². The Bertz CT molecular complexity index is 403. The molecule has 0 bridgehead atoms. The first-order valence-electron chi connectivity index (χ1n) is 7.09. The molecule has 0 saturated heterocycles. The van der Waals surface area contributed by atoms with E-state index < -0.39 is 5.97 Å². The number of carbonyl (C=O) groups is 2. The lowest BCUT2D eigenvalue weighted by Crippen LogP contribution is -2.28. The maximum absolute atomic E-state index is 11.6. The van der Waals surface area contributed by atoms with Gasteiger partial charge in [0.15, 0.2) is 0 Å². The first-order valence-corrected chi connectivity index (χ1v) is 7.96. The smallest absolute Gasteiger partial charge is 0.303 e. The van der Waals surface area contributed by atoms with Crippen LogP contribution in [0.5, 0.6) is 0 Å². The van der Waals surface area contributed by atoms with E-state index in [1.165, 1.54) is 4.88 Å². The van der Waals surface area contributed by atoms with Gasteiger partial charge in [0.05, 0.1) is 0 Å². The average Bonchev–Trinajstić information content (AvgIpc) is 2.88. The SMILES string of the molecule is CC(CNC(=O)CCCCCc1cccs1)CC(=O)O. The van der Waals surface area contributed by atoms with Crippen molar-refractivity contribution >= 4 is 23.2 Å². The molecule has 0 aliphatic rings. The fourth-order valence-electron chi connectivity index (χ4n) is 1.96. The van der Waals surface area contributed by atoms with E-state index in [2.05, 4.69) is 22.8 Å². The molecule has 0 aromatic carbocycles. The van der Waals surface area contributed by atoms with Gasteiger partial charge in [-0.05, 0) is 36.6 Å². The van der Waals surface area contributed by atoms with Crippen molar-refractivity contribution in [1.82, 2.24) is 5.32 Å². The van der Waals surface area contributed by atoms with Gasteiger partial charge in [-0.25, -0.2) is 0 Å². The number of hydrogen-bond acceptors (Lipinski definition) is 3. The monoisotopic (exact) mass is 297 g/mol. The summed E-state index contributed by atoms with van der Waals surface area (Å²) in [6.45, 7) is 2.27. The van der Waals surface area contributed by atoms with Gasteiger partial charge in [-0.2, -0.15) is 0 Å². The molecule has 0 saturated carbocycles. The highest BCUT2D eigenvalue weighted by Crippen LogP contribution is 2.13. The molecule has 112 valence electrons. The fourth-order valence-corrected chi connectivity index (χ4v) is 2.71. The number of carboxylic acid groups (broad SMARTS) is 1. The van der Waals surface area contributed by atoms with Crippen LogP contribution in [0.4, 0.5) is 0 Å². The maximum Gasteiger partial charge on any atom is 0.303 e. The third kappa shape index (κ3) is 7.94. The van der Waals surface area contributed by atoms with Gasteiger partial charge >= 0.3 is 5.97 Å². The topological polar surface area (TPSA) is 66.4 Å². The van der Waals surface area contributed by atoms with Crippen LogP contribution in [0.1, 0.15) is 43.9 Å². The summed E-state index contributed by atoms with van der Waals surface area (Å²) in [6.07, 6.45) is 4.78. The van der Waals surface area contributed by atoms with Gasteiger partial charge in [0.2, 0.25) is 5.91 Å². The van der Waals surface area contributed by atoms with Crippen LogP contribution in [0.2, 0.25) is 0 Å². The van der Waals surface area contributed by atoms with Crippen molar-refractivity contribution in [3.63, 3.8) is 0 Å². The van der Waals surface area contributed by atoms with E-state index in [1.54, 1.807) is 11.3 Å². The summed E-state index contributed by atoms with van der Waals surface area (Å²) in [5, 5.41) is 13.5. The molecule has 1 aromatic rings. The number of carboxylic acids is 1. The quantitative estimate of drug-likeness (QED) is 0.652. The molecule has 4 nitrogen and oxygen atoms in total. The van der Waals surface area contributed by atoms with Crippen LogP contribution in [0.25, 0.3) is 0 Å². The highest BCUT2D eigenvalue weighted by atomic mass is 32.1. The van der Waals surface area contributed by atoms with Crippen molar-refractivity contribution in [3.05, 3.63) is 22.4 Å². The Morgan fingerprint density at radius 1 is 1.35 bits per heavy atom. The summed E-state index contributed by atoms with van der Waals surface area (Å²) in [6, 6.07) is 4.20. The lowest BCUT2D eigenvalue weighted by molar-refractivity contribution is -0.138. The minimum Gasteiger partial charge on any atom is -0.481 e. The van der Waals surface area contributed by atoms with Crippen LogP contribution in [-0.2, 0) is 16.0 Å². The highest BCUT2D eigenvalue weighted by Gasteiger charge is 2.09. The number of thiophene rings is 1. The first kappa shape index (κ1) is 16.7. The lowest BCUT2D eigenvalue weighted by Gasteiger charge is -2.10. The molecule has 1 aromatic heterocycles. The minimum absolute atomic E-state index is 0.0183. The van der Waals surface area contributed by atoms with Gasteiger partial charge in [0, 0.05) is 24.3 Å². The second kappa shape index (κ2) is 9.53. The fraction of sp³-hybridized carbons (Fsp3) is 0.600. The van der Waals surface area contributed by atoms with Crippen molar-refractivity contribution < 1.29 is 14.7 Å². The van der Waals surface area contributed by atoms with Gasteiger partial charge < -0.3 is 10.4 Å². The second-order valence-electron chi connectivity index (χ2n) is 5.15. The Hall–Kier alpha value is -1.36. The van der Waals surface area contributed by atoms with E-state index in [0.29, 0.717) is 13.0 Å². The van der Waals surface area contributed by atoms with E-state index in [0.717, 1.165) is 25.7 Å². The van der Waals surface area contributed by atoms with Gasteiger partial charge in [0.1, 0.15) is 0 Å². The van der Waals surface area contributed by atoms with Crippen molar-refractivity contribution in [2.45, 2.75) is 45.4 Å². The molecule has 0 spiro atoms. The molecule has 0 aliphatic carbocycles. The van der Waals surface area contributed by atoms with E-state index in [4.69, 9.17) is 5.11 Å². The predicted molar refractivity (Wildman–Crippen MR) is 80.9 cm³/mol. The lowest BCUT2D eigenvalue weighted by atomic mass is 10.1. The molecule has 1 amide bonds. The summed E-state index contributed by atoms with van der Waals surface area (Å²) >= 11 is 1.78. The third-order valence-corrected chi connectivity index (χ3v) is 4.01. The van der Waals surface area contributed by atoms with E-state index >= 15 is 0 Å². The van der Waals surface area contributed by atoms with Crippen LogP contribution in [0, 0.1) is 5.92 Å². The number of rotatable bonds is 10. The molecule has 0 radical (unpaired) electrons.